The Morgan fingerprint density at radius 3 is 2.68 bits per heavy atom. The van der Waals surface area contributed by atoms with E-state index in [1.165, 1.54) is 25.7 Å². The molecule has 25 heavy (non-hydrogen) atoms. The number of piperidine rings is 1. The Hall–Kier alpha value is -1.89. The van der Waals surface area contributed by atoms with Gasteiger partial charge in [0.2, 0.25) is 5.88 Å². The lowest BCUT2D eigenvalue weighted by atomic mass is 10.0. The van der Waals surface area contributed by atoms with E-state index in [9.17, 15) is 4.79 Å². The maximum Gasteiger partial charge on any atom is 0.317 e. The lowest BCUT2D eigenvalue weighted by Crippen LogP contribution is -2.45. The number of nitrogens with zero attached hydrogens (tertiary/aromatic N) is 4. The van der Waals surface area contributed by atoms with Crippen molar-refractivity contribution in [2.75, 3.05) is 38.2 Å². The minimum Gasteiger partial charge on any atom is -0.480 e. The number of hydrogen-bond donors (Lipinski definition) is 1. The van der Waals surface area contributed by atoms with Gasteiger partial charge in [0, 0.05) is 19.1 Å². The van der Waals surface area contributed by atoms with Crippen LogP contribution in [0.5, 0.6) is 5.88 Å². The van der Waals surface area contributed by atoms with Gasteiger partial charge in [-0.1, -0.05) is 12.8 Å². The van der Waals surface area contributed by atoms with Crippen molar-refractivity contribution in [3.8, 4) is 5.88 Å². The SMILES string of the molecule is CN(CC(=O)O)C1CCN(c2cncc(OCC3CCCC3)n2)CC1. The molecule has 1 aromatic heterocycles. The molecule has 0 atom stereocenters. The summed E-state index contributed by atoms with van der Waals surface area (Å²) < 4.78 is 5.85. The van der Waals surface area contributed by atoms with Crippen LogP contribution >= 0.6 is 0 Å². The normalized spacial score (nSPS) is 19.5. The monoisotopic (exact) mass is 348 g/mol. The van der Waals surface area contributed by atoms with Crippen LogP contribution < -0.4 is 9.64 Å². The van der Waals surface area contributed by atoms with Crippen LogP contribution in [0.1, 0.15) is 38.5 Å². The summed E-state index contributed by atoms with van der Waals surface area (Å²) in [5.41, 5.74) is 0. The average Bonchev–Trinajstić information content (AvgIpc) is 3.13. The molecule has 7 heteroatoms. The summed E-state index contributed by atoms with van der Waals surface area (Å²) in [6.07, 6.45) is 10.5. The van der Waals surface area contributed by atoms with Crippen LogP contribution in [0.15, 0.2) is 12.4 Å². The van der Waals surface area contributed by atoms with E-state index in [-0.39, 0.29) is 6.54 Å². The van der Waals surface area contributed by atoms with Crippen LogP contribution in [-0.2, 0) is 4.79 Å². The van der Waals surface area contributed by atoms with Crippen LogP contribution in [0.3, 0.4) is 0 Å². The summed E-state index contributed by atoms with van der Waals surface area (Å²) in [4.78, 5) is 23.9. The Morgan fingerprint density at radius 2 is 2.00 bits per heavy atom. The first-order valence-corrected chi connectivity index (χ1v) is 9.23. The molecule has 2 aliphatic rings. The number of carboxylic acid groups (broad SMARTS) is 1. The van der Waals surface area contributed by atoms with E-state index in [0.29, 0.717) is 17.8 Å². The highest BCUT2D eigenvalue weighted by atomic mass is 16.5. The van der Waals surface area contributed by atoms with Crippen LogP contribution in [0.2, 0.25) is 0 Å². The molecular weight excluding hydrogens is 320 g/mol. The largest absolute Gasteiger partial charge is 0.480 e. The minimum atomic E-state index is -0.775. The first-order chi connectivity index (χ1) is 12.1. The lowest BCUT2D eigenvalue weighted by Gasteiger charge is -2.36. The van der Waals surface area contributed by atoms with Gasteiger partial charge in [0.25, 0.3) is 0 Å². The molecule has 1 aromatic rings. The number of anilines is 1. The Balaban J connectivity index is 1.50. The number of likely N-dealkylation sites (N-methyl/N-ethyl adjacent to an activating group) is 1. The van der Waals surface area contributed by atoms with Gasteiger partial charge < -0.3 is 14.7 Å². The Bertz CT molecular complexity index is 569. The van der Waals surface area contributed by atoms with E-state index in [2.05, 4.69) is 14.9 Å². The molecule has 2 fully saturated rings. The lowest BCUT2D eigenvalue weighted by molar-refractivity contribution is -0.138. The third-order valence-corrected chi connectivity index (χ3v) is 5.34. The third-order valence-electron chi connectivity index (χ3n) is 5.34. The van der Waals surface area contributed by atoms with Crippen molar-refractivity contribution < 1.29 is 14.6 Å². The second-order valence-electron chi connectivity index (χ2n) is 7.20. The predicted molar refractivity (Wildman–Crippen MR) is 95.0 cm³/mol. The standard InChI is InChI=1S/C18H28N4O3/c1-21(12-18(23)24)15-6-8-22(9-7-15)16-10-19-11-17(20-16)25-13-14-4-2-3-5-14/h10-11,14-15H,2-9,12-13H2,1H3,(H,23,24). The maximum atomic E-state index is 10.8. The molecule has 0 radical (unpaired) electrons. The summed E-state index contributed by atoms with van der Waals surface area (Å²) in [6, 6.07) is 0.308. The number of aliphatic carboxylic acids is 1. The molecule has 3 rings (SSSR count). The number of rotatable bonds is 7. The van der Waals surface area contributed by atoms with Crippen LogP contribution in [0.25, 0.3) is 0 Å². The first-order valence-electron chi connectivity index (χ1n) is 9.23. The van der Waals surface area contributed by atoms with E-state index >= 15 is 0 Å². The molecule has 0 bridgehead atoms. The predicted octanol–water partition coefficient (Wildman–Crippen LogP) is 2.03. The fourth-order valence-electron chi connectivity index (χ4n) is 3.82. The highest BCUT2D eigenvalue weighted by Crippen LogP contribution is 2.26. The van der Waals surface area contributed by atoms with Gasteiger partial charge in [-0.25, -0.2) is 0 Å². The molecule has 1 saturated heterocycles. The fourth-order valence-corrected chi connectivity index (χ4v) is 3.82. The molecule has 0 unspecified atom stereocenters. The van der Waals surface area contributed by atoms with Crippen molar-refractivity contribution in [1.82, 2.24) is 14.9 Å². The summed E-state index contributed by atoms with van der Waals surface area (Å²) in [7, 11) is 1.88. The topological polar surface area (TPSA) is 78.8 Å². The van der Waals surface area contributed by atoms with Gasteiger partial charge >= 0.3 is 5.97 Å². The molecule has 0 amide bonds. The van der Waals surface area contributed by atoms with Crippen molar-refractivity contribution >= 4 is 11.8 Å². The molecule has 7 nitrogen and oxygen atoms in total. The molecular formula is C18H28N4O3. The van der Waals surface area contributed by atoms with Crippen molar-refractivity contribution in [2.24, 2.45) is 5.92 Å². The van der Waals surface area contributed by atoms with E-state index < -0.39 is 5.97 Å². The Morgan fingerprint density at radius 1 is 1.28 bits per heavy atom. The number of carbonyl (C=O) groups is 1. The van der Waals surface area contributed by atoms with Gasteiger partial charge in [-0.15, -0.1) is 0 Å². The highest BCUT2D eigenvalue weighted by Gasteiger charge is 2.24. The molecule has 1 aliphatic heterocycles. The summed E-state index contributed by atoms with van der Waals surface area (Å²) >= 11 is 0. The zero-order valence-corrected chi connectivity index (χ0v) is 14.9. The second kappa shape index (κ2) is 8.47. The van der Waals surface area contributed by atoms with E-state index in [4.69, 9.17) is 9.84 Å². The third kappa shape index (κ3) is 5.04. The van der Waals surface area contributed by atoms with Crippen molar-refractivity contribution in [1.29, 1.82) is 0 Å². The number of ether oxygens (including phenoxy) is 1. The second-order valence-corrected chi connectivity index (χ2v) is 7.20. The zero-order chi connectivity index (χ0) is 17.6. The van der Waals surface area contributed by atoms with Crippen LogP contribution in [0, 0.1) is 5.92 Å². The Kier molecular flexibility index (Phi) is 6.07. The van der Waals surface area contributed by atoms with Gasteiger partial charge in [0.1, 0.15) is 0 Å². The van der Waals surface area contributed by atoms with Gasteiger partial charge in [0.05, 0.1) is 25.5 Å². The summed E-state index contributed by atoms with van der Waals surface area (Å²) in [5, 5.41) is 8.92. The highest BCUT2D eigenvalue weighted by molar-refractivity contribution is 5.69. The molecule has 1 aliphatic carbocycles. The number of aromatic nitrogens is 2. The van der Waals surface area contributed by atoms with Crippen molar-refractivity contribution in [3.05, 3.63) is 12.4 Å². The first kappa shape index (κ1) is 17.9. The zero-order valence-electron chi connectivity index (χ0n) is 14.9. The molecule has 1 saturated carbocycles. The molecule has 138 valence electrons. The smallest absolute Gasteiger partial charge is 0.317 e. The molecule has 1 N–H and O–H groups in total. The van der Waals surface area contributed by atoms with Crippen LogP contribution in [-0.4, -0.2) is 65.3 Å². The quantitative estimate of drug-likeness (QED) is 0.807. The van der Waals surface area contributed by atoms with E-state index in [1.54, 1.807) is 12.4 Å². The average molecular weight is 348 g/mol. The maximum absolute atomic E-state index is 10.8. The fraction of sp³-hybridized carbons (Fsp3) is 0.722. The van der Waals surface area contributed by atoms with Gasteiger partial charge in [-0.2, -0.15) is 4.98 Å². The summed E-state index contributed by atoms with van der Waals surface area (Å²) in [5.74, 6) is 1.34. The summed E-state index contributed by atoms with van der Waals surface area (Å²) in [6.45, 7) is 2.54. The molecule has 2 heterocycles. The number of carboxylic acids is 1. The van der Waals surface area contributed by atoms with Gasteiger partial charge in [-0.3, -0.25) is 14.7 Å². The van der Waals surface area contributed by atoms with Crippen LogP contribution in [0.4, 0.5) is 5.82 Å². The minimum absolute atomic E-state index is 0.0922. The molecule has 0 spiro atoms. The number of hydrogen-bond acceptors (Lipinski definition) is 6. The van der Waals surface area contributed by atoms with Crippen molar-refractivity contribution in [3.63, 3.8) is 0 Å². The van der Waals surface area contributed by atoms with Gasteiger partial charge in [-0.05, 0) is 38.6 Å². The Labute approximate surface area is 149 Å². The van der Waals surface area contributed by atoms with Crippen molar-refractivity contribution in [2.45, 2.75) is 44.6 Å². The molecule has 0 aromatic carbocycles. The van der Waals surface area contributed by atoms with E-state index in [1.807, 2.05) is 11.9 Å². The van der Waals surface area contributed by atoms with Gasteiger partial charge in [0.15, 0.2) is 5.82 Å². The van der Waals surface area contributed by atoms with E-state index in [0.717, 1.165) is 38.4 Å².